The van der Waals surface area contributed by atoms with Crippen molar-refractivity contribution < 1.29 is 31.9 Å². The van der Waals surface area contributed by atoms with Crippen LogP contribution < -0.4 is 16.3 Å². The number of sulfone groups is 1. The number of amides is 2. The van der Waals surface area contributed by atoms with Crippen molar-refractivity contribution in [2.75, 3.05) is 30.8 Å². The summed E-state index contributed by atoms with van der Waals surface area (Å²) in [6, 6.07) is 7.82. The van der Waals surface area contributed by atoms with Gasteiger partial charge in [0.2, 0.25) is 11.8 Å². The molecule has 45 heavy (non-hydrogen) atoms. The molecule has 2 aromatic carbocycles. The predicted octanol–water partition coefficient (Wildman–Crippen LogP) is 2.22. The van der Waals surface area contributed by atoms with Crippen LogP contribution in [0.5, 0.6) is 5.75 Å². The lowest BCUT2D eigenvalue weighted by Gasteiger charge is -2.41. The van der Waals surface area contributed by atoms with E-state index in [2.05, 4.69) is 16.5 Å². The summed E-state index contributed by atoms with van der Waals surface area (Å²) in [5.41, 5.74) is 3.20. The molecule has 2 aromatic heterocycles. The molecule has 3 N–H and O–H groups in total. The molecule has 234 valence electrons. The molecule has 0 aliphatic carbocycles. The van der Waals surface area contributed by atoms with Crippen LogP contribution in [0.25, 0.3) is 28.0 Å². The predicted molar refractivity (Wildman–Crippen MR) is 162 cm³/mol. The summed E-state index contributed by atoms with van der Waals surface area (Å²) in [6.45, 7) is 5.20. The molecule has 1 aliphatic rings. The molecular formula is C30H28F2N6O6S. The summed E-state index contributed by atoms with van der Waals surface area (Å²) >= 11 is 0. The fourth-order valence-corrected chi connectivity index (χ4v) is 6.47. The first-order valence-corrected chi connectivity index (χ1v) is 15.5. The monoisotopic (exact) mass is 638 g/mol. The maximum absolute atomic E-state index is 15.9. The first kappa shape index (κ1) is 31.3. The molecule has 1 fully saturated rings. The van der Waals surface area contributed by atoms with Gasteiger partial charge < -0.3 is 20.6 Å². The number of anilines is 1. The van der Waals surface area contributed by atoms with Crippen LogP contribution >= 0.6 is 0 Å². The largest absolute Gasteiger partial charge is 0.507 e. The Morgan fingerprint density at radius 2 is 1.84 bits per heavy atom. The molecule has 1 aliphatic heterocycles. The van der Waals surface area contributed by atoms with Gasteiger partial charge in [0, 0.05) is 32.3 Å². The molecular weight excluding hydrogens is 610 g/mol. The number of halogens is 2. The van der Waals surface area contributed by atoms with Crippen molar-refractivity contribution in [2.24, 2.45) is 5.73 Å². The number of pyridine rings is 1. The van der Waals surface area contributed by atoms with Crippen molar-refractivity contribution in [1.82, 2.24) is 19.4 Å². The van der Waals surface area contributed by atoms with E-state index in [9.17, 15) is 32.3 Å². The van der Waals surface area contributed by atoms with Crippen LogP contribution in [0.3, 0.4) is 0 Å². The van der Waals surface area contributed by atoms with E-state index >= 15 is 4.39 Å². The number of nitrogens with two attached hydrogens (primary N) is 1. The van der Waals surface area contributed by atoms with Gasteiger partial charge in [-0.05, 0) is 42.8 Å². The van der Waals surface area contributed by atoms with Gasteiger partial charge in [-0.25, -0.2) is 31.5 Å². The van der Waals surface area contributed by atoms with Crippen LogP contribution in [0.15, 0.2) is 64.8 Å². The number of phenolic OH excluding ortho intramolecular Hbond substituents is 1. The number of aromatic nitrogens is 3. The third kappa shape index (κ3) is 5.73. The van der Waals surface area contributed by atoms with Crippen LogP contribution in [-0.4, -0.2) is 76.7 Å². The smallest absolute Gasteiger partial charge is 0.355 e. The lowest BCUT2D eigenvalue weighted by atomic mass is 10.1. The summed E-state index contributed by atoms with van der Waals surface area (Å²) in [4.78, 5) is 49.6. The average molecular weight is 639 g/mol. The van der Waals surface area contributed by atoms with Gasteiger partial charge in [-0.3, -0.25) is 9.59 Å². The van der Waals surface area contributed by atoms with E-state index in [0.29, 0.717) is 5.56 Å². The SMILES string of the molecule is C=CC(=O)N1CCN(c2nc(=O)n(-c3c(C)cccc3S(C)(=O)=O)c3nc(-c4c(O)cccc4F)c(F)cc23)[C@@H](CC(N)=O)C1. The number of primary amides is 1. The fraction of sp³-hybridized carbons (Fsp3) is 0.233. The first-order chi connectivity index (χ1) is 21.2. The quantitative estimate of drug-likeness (QED) is 0.288. The normalized spacial score (nSPS) is 15.3. The number of para-hydroxylation sites is 1. The second-order valence-electron chi connectivity index (χ2n) is 10.6. The van der Waals surface area contributed by atoms with Gasteiger partial charge in [0.1, 0.15) is 23.1 Å². The Balaban J connectivity index is 1.88. The zero-order valence-electron chi connectivity index (χ0n) is 24.2. The van der Waals surface area contributed by atoms with Gasteiger partial charge in [-0.15, -0.1) is 0 Å². The number of aryl methyl sites for hydroxylation is 1. The highest BCUT2D eigenvalue weighted by molar-refractivity contribution is 7.90. The molecule has 5 rings (SSSR count). The van der Waals surface area contributed by atoms with Gasteiger partial charge >= 0.3 is 5.69 Å². The van der Waals surface area contributed by atoms with E-state index in [-0.39, 0.29) is 53.5 Å². The van der Waals surface area contributed by atoms with Gasteiger partial charge in [-0.2, -0.15) is 4.98 Å². The van der Waals surface area contributed by atoms with Crippen molar-refractivity contribution in [1.29, 1.82) is 0 Å². The van der Waals surface area contributed by atoms with Crippen LogP contribution in [0.2, 0.25) is 0 Å². The molecule has 4 aromatic rings. The molecule has 1 saturated heterocycles. The Morgan fingerprint density at radius 1 is 1.13 bits per heavy atom. The first-order valence-electron chi connectivity index (χ1n) is 13.6. The van der Waals surface area contributed by atoms with Crippen LogP contribution in [-0.2, 0) is 19.4 Å². The molecule has 3 heterocycles. The number of benzene rings is 2. The molecule has 0 unspecified atom stereocenters. The van der Waals surface area contributed by atoms with Crippen LogP contribution in [0, 0.1) is 18.6 Å². The number of hydrogen-bond donors (Lipinski definition) is 2. The highest BCUT2D eigenvalue weighted by Gasteiger charge is 2.34. The maximum Gasteiger partial charge on any atom is 0.355 e. The van der Waals surface area contributed by atoms with E-state index in [0.717, 1.165) is 35.1 Å². The minimum atomic E-state index is -3.94. The van der Waals surface area contributed by atoms with Gasteiger partial charge in [0.05, 0.1) is 27.6 Å². The molecule has 1 atom stereocenters. The Bertz CT molecular complexity index is 2050. The minimum absolute atomic E-state index is 0.00678. The van der Waals surface area contributed by atoms with Crippen LogP contribution in [0.1, 0.15) is 12.0 Å². The van der Waals surface area contributed by atoms with Gasteiger partial charge in [-0.1, -0.05) is 24.8 Å². The van der Waals surface area contributed by atoms with Crippen molar-refractivity contribution in [3.05, 3.63) is 82.8 Å². The molecule has 2 amide bonds. The zero-order valence-corrected chi connectivity index (χ0v) is 25.0. The third-order valence-electron chi connectivity index (χ3n) is 7.53. The Kier molecular flexibility index (Phi) is 8.14. The lowest BCUT2D eigenvalue weighted by Crippen LogP contribution is -2.56. The van der Waals surface area contributed by atoms with Gasteiger partial charge in [0.25, 0.3) is 0 Å². The number of rotatable bonds is 7. The van der Waals surface area contributed by atoms with E-state index in [1.165, 1.54) is 28.0 Å². The number of carbonyl (C=O) groups excluding carboxylic acids is 2. The summed E-state index contributed by atoms with van der Waals surface area (Å²) in [6.07, 6.45) is 1.81. The Hall–Kier alpha value is -5.18. The standard InChI is InChI=1S/C30H28F2N6O6S/c1-4-24(41)36-11-12-37(17(15-36)13-23(33)40)28-18-14-20(32)26(25-19(31)8-6-9-21(25)39)34-29(18)38(30(42)35-28)27-16(2)7-5-10-22(27)45(3,43)44/h4-10,14,17,39H,1,11-13,15H2,2-3H3,(H2,33,40)/t17-/m0/s1. The summed E-state index contributed by atoms with van der Waals surface area (Å²) in [5, 5.41) is 10.4. The van der Waals surface area contributed by atoms with E-state index < -0.39 is 62.0 Å². The average Bonchev–Trinajstić information content (AvgIpc) is 2.96. The highest BCUT2D eigenvalue weighted by Crippen LogP contribution is 2.37. The zero-order chi connectivity index (χ0) is 32.8. The second-order valence-corrected chi connectivity index (χ2v) is 12.6. The third-order valence-corrected chi connectivity index (χ3v) is 8.66. The second kappa shape index (κ2) is 11.7. The summed E-state index contributed by atoms with van der Waals surface area (Å²) in [7, 11) is -3.94. The number of hydrogen-bond acceptors (Lipinski definition) is 9. The summed E-state index contributed by atoms with van der Waals surface area (Å²) < 4.78 is 57.4. The number of piperazine rings is 1. The van der Waals surface area contributed by atoms with Crippen molar-refractivity contribution in [3.63, 3.8) is 0 Å². The summed E-state index contributed by atoms with van der Waals surface area (Å²) in [5.74, 6) is -3.94. The maximum atomic E-state index is 15.9. The minimum Gasteiger partial charge on any atom is -0.507 e. The topological polar surface area (TPSA) is 169 Å². The number of aromatic hydroxyl groups is 1. The van der Waals surface area contributed by atoms with Gasteiger partial charge in [0.15, 0.2) is 21.3 Å². The number of carbonyl (C=O) groups is 2. The highest BCUT2D eigenvalue weighted by atomic mass is 32.2. The number of fused-ring (bicyclic) bond motifs is 1. The van der Waals surface area contributed by atoms with Crippen LogP contribution in [0.4, 0.5) is 14.6 Å². The molecule has 12 nitrogen and oxygen atoms in total. The van der Waals surface area contributed by atoms with E-state index in [1.807, 2.05) is 0 Å². The van der Waals surface area contributed by atoms with Crippen molar-refractivity contribution in [3.8, 4) is 22.7 Å². The van der Waals surface area contributed by atoms with Crippen molar-refractivity contribution >= 4 is 38.5 Å². The Labute approximate surface area is 256 Å². The Morgan fingerprint density at radius 3 is 2.49 bits per heavy atom. The van der Waals surface area contributed by atoms with Crippen molar-refractivity contribution in [2.45, 2.75) is 24.3 Å². The van der Waals surface area contributed by atoms with E-state index in [4.69, 9.17) is 5.73 Å². The number of nitrogens with zero attached hydrogens (tertiary/aromatic N) is 5. The molecule has 0 saturated carbocycles. The molecule has 0 radical (unpaired) electrons. The molecule has 0 bridgehead atoms. The molecule has 0 spiro atoms. The number of phenols is 1. The van der Waals surface area contributed by atoms with E-state index in [1.54, 1.807) is 13.0 Å². The fourth-order valence-electron chi connectivity index (χ4n) is 5.54. The lowest BCUT2D eigenvalue weighted by molar-refractivity contribution is -0.127. The molecule has 15 heteroatoms.